The zero-order valence-corrected chi connectivity index (χ0v) is 23.1. The van der Waals surface area contributed by atoms with E-state index in [9.17, 15) is 14.9 Å². The van der Waals surface area contributed by atoms with Crippen LogP contribution in [0.1, 0.15) is 43.0 Å². The largest absolute Gasteiger partial charge is 0.468 e. The highest BCUT2D eigenvalue weighted by Gasteiger charge is 2.32. The summed E-state index contributed by atoms with van der Waals surface area (Å²) in [5.74, 6) is -0.258. The quantitative estimate of drug-likeness (QED) is 0.360. The Hall–Kier alpha value is -4.22. The van der Waals surface area contributed by atoms with Crippen molar-refractivity contribution < 1.29 is 9.53 Å². The molecule has 0 bridgehead atoms. The Morgan fingerprint density at radius 2 is 1.87 bits per heavy atom. The Morgan fingerprint density at radius 3 is 2.56 bits per heavy atom. The maximum Gasteiger partial charge on any atom is 0.330 e. The van der Waals surface area contributed by atoms with Crippen LogP contribution in [0.3, 0.4) is 0 Å². The van der Waals surface area contributed by atoms with Crippen molar-refractivity contribution in [1.29, 1.82) is 5.26 Å². The van der Waals surface area contributed by atoms with Crippen LogP contribution < -0.4 is 5.69 Å². The first-order chi connectivity index (χ1) is 18.6. The zero-order valence-electron chi connectivity index (χ0n) is 23.1. The van der Waals surface area contributed by atoms with Gasteiger partial charge in [-0.1, -0.05) is 51.1 Å². The number of carbonyl (C=O) groups is 1. The summed E-state index contributed by atoms with van der Waals surface area (Å²) >= 11 is 0. The first-order valence-corrected chi connectivity index (χ1v) is 13.1. The molecule has 0 amide bonds. The van der Waals surface area contributed by atoms with Crippen LogP contribution in [-0.2, 0) is 42.6 Å². The van der Waals surface area contributed by atoms with Crippen LogP contribution in [0.2, 0.25) is 0 Å². The van der Waals surface area contributed by atoms with Crippen molar-refractivity contribution in [3.05, 3.63) is 87.3 Å². The number of imidazole rings is 1. The molecule has 0 saturated carbocycles. The average molecular weight is 524 g/mol. The standard InChI is InChI=1S/C31H33N5O3/c1-31(2,3)19-36-26-13-12-25(33-28(26)34(4)30(36)38)24-14-20(10-11-22(24)16-32)17-35-18-23-9-7-6-8-21(23)15-27(35)29(37)39-5/h6-14,27H,15,17-19H2,1-5H3. The lowest BCUT2D eigenvalue weighted by Gasteiger charge is -2.35. The number of hydrogen-bond donors (Lipinski definition) is 0. The Morgan fingerprint density at radius 1 is 1.13 bits per heavy atom. The van der Waals surface area contributed by atoms with E-state index < -0.39 is 6.04 Å². The fourth-order valence-electron chi connectivity index (χ4n) is 5.40. The summed E-state index contributed by atoms with van der Waals surface area (Å²) in [7, 11) is 3.15. The molecule has 0 saturated heterocycles. The highest BCUT2D eigenvalue weighted by atomic mass is 16.5. The highest BCUT2D eigenvalue weighted by molar-refractivity contribution is 5.78. The van der Waals surface area contributed by atoms with E-state index in [1.807, 2.05) is 36.4 Å². The molecular weight excluding hydrogens is 490 g/mol. The van der Waals surface area contributed by atoms with Gasteiger partial charge < -0.3 is 4.74 Å². The number of benzene rings is 2. The SMILES string of the molecule is COC(=O)C1Cc2ccccc2CN1Cc1ccc(C#N)c(-c2ccc3c(n2)n(C)c(=O)n3CC(C)(C)C)c1. The van der Waals surface area contributed by atoms with E-state index >= 15 is 0 Å². The summed E-state index contributed by atoms with van der Waals surface area (Å²) in [5, 5.41) is 9.88. The number of nitrogens with zero attached hydrogens (tertiary/aromatic N) is 5. The molecule has 200 valence electrons. The molecule has 1 atom stereocenters. The summed E-state index contributed by atoms with van der Waals surface area (Å²) in [6.45, 7) is 7.99. The number of methoxy groups -OCH3 is 1. The van der Waals surface area contributed by atoms with Gasteiger partial charge in [0, 0.05) is 32.2 Å². The van der Waals surface area contributed by atoms with Gasteiger partial charge in [-0.25, -0.2) is 9.78 Å². The van der Waals surface area contributed by atoms with E-state index in [2.05, 4.69) is 43.9 Å². The lowest BCUT2D eigenvalue weighted by atomic mass is 9.93. The third-order valence-corrected chi connectivity index (χ3v) is 7.30. The number of ether oxygens (including phenoxy) is 1. The van der Waals surface area contributed by atoms with Gasteiger partial charge in [-0.15, -0.1) is 0 Å². The van der Waals surface area contributed by atoms with E-state index in [0.29, 0.717) is 48.5 Å². The number of rotatable bonds is 5. The van der Waals surface area contributed by atoms with E-state index in [-0.39, 0.29) is 17.1 Å². The molecule has 3 heterocycles. The van der Waals surface area contributed by atoms with Gasteiger partial charge in [-0.2, -0.15) is 5.26 Å². The predicted octanol–water partition coefficient (Wildman–Crippen LogP) is 4.42. The second kappa shape index (κ2) is 10.2. The van der Waals surface area contributed by atoms with Crippen molar-refractivity contribution >= 4 is 17.1 Å². The van der Waals surface area contributed by atoms with Crippen LogP contribution in [0, 0.1) is 16.7 Å². The summed E-state index contributed by atoms with van der Waals surface area (Å²) in [6, 6.07) is 19.5. The van der Waals surface area contributed by atoms with Crippen molar-refractivity contribution in [2.24, 2.45) is 12.5 Å². The molecule has 0 radical (unpaired) electrons. The van der Waals surface area contributed by atoms with Gasteiger partial charge in [0.2, 0.25) is 0 Å². The van der Waals surface area contributed by atoms with Crippen molar-refractivity contribution in [2.45, 2.75) is 52.9 Å². The monoisotopic (exact) mass is 523 g/mol. The summed E-state index contributed by atoms with van der Waals surface area (Å²) < 4.78 is 8.45. The van der Waals surface area contributed by atoms with E-state index in [1.54, 1.807) is 22.2 Å². The van der Waals surface area contributed by atoms with Crippen LogP contribution in [-0.4, -0.2) is 38.1 Å². The third-order valence-electron chi connectivity index (χ3n) is 7.30. The smallest absolute Gasteiger partial charge is 0.330 e. The van der Waals surface area contributed by atoms with Crippen molar-refractivity contribution in [2.75, 3.05) is 7.11 Å². The molecule has 1 aliphatic heterocycles. The number of aryl methyl sites for hydroxylation is 1. The Balaban J connectivity index is 1.53. The van der Waals surface area contributed by atoms with E-state index in [1.165, 1.54) is 12.7 Å². The molecule has 39 heavy (non-hydrogen) atoms. The first-order valence-electron chi connectivity index (χ1n) is 13.1. The molecule has 8 heteroatoms. The minimum Gasteiger partial charge on any atom is -0.468 e. The molecule has 0 fully saturated rings. The third kappa shape index (κ3) is 5.10. The molecular formula is C31H33N5O3. The summed E-state index contributed by atoms with van der Waals surface area (Å²) in [6.07, 6.45) is 0.587. The van der Waals surface area contributed by atoms with Gasteiger partial charge in [0.1, 0.15) is 6.04 Å². The Bertz CT molecular complexity index is 1670. The Labute approximate surface area is 228 Å². The lowest BCUT2D eigenvalue weighted by Crippen LogP contribution is -2.45. The molecule has 1 unspecified atom stereocenters. The van der Waals surface area contributed by atoms with Crippen LogP contribution in [0.15, 0.2) is 59.4 Å². The minimum atomic E-state index is -0.393. The van der Waals surface area contributed by atoms with Gasteiger partial charge in [0.25, 0.3) is 0 Å². The molecule has 2 aromatic carbocycles. The van der Waals surface area contributed by atoms with Gasteiger partial charge in [-0.05, 0) is 52.8 Å². The van der Waals surface area contributed by atoms with Crippen molar-refractivity contribution in [1.82, 2.24) is 19.0 Å². The second-order valence-electron chi connectivity index (χ2n) is 11.4. The number of esters is 1. The number of aromatic nitrogens is 3. The predicted molar refractivity (Wildman–Crippen MR) is 150 cm³/mol. The van der Waals surface area contributed by atoms with Crippen LogP contribution in [0.25, 0.3) is 22.4 Å². The molecule has 1 aliphatic rings. The molecule has 4 aromatic rings. The minimum absolute atomic E-state index is 0.0733. The zero-order chi connectivity index (χ0) is 27.9. The number of pyridine rings is 1. The number of hydrogen-bond acceptors (Lipinski definition) is 6. The van der Waals surface area contributed by atoms with E-state index in [0.717, 1.165) is 16.6 Å². The van der Waals surface area contributed by atoms with Gasteiger partial charge >= 0.3 is 11.7 Å². The maximum atomic E-state index is 13.0. The normalized spacial score (nSPS) is 15.6. The number of fused-ring (bicyclic) bond motifs is 2. The summed E-state index contributed by atoms with van der Waals surface area (Å²) in [4.78, 5) is 32.7. The number of nitriles is 1. The van der Waals surface area contributed by atoms with Crippen LogP contribution in [0.4, 0.5) is 0 Å². The molecule has 5 rings (SSSR count). The Kier molecular flexibility index (Phi) is 6.87. The number of carbonyl (C=O) groups excluding carboxylic acids is 1. The fourth-order valence-corrected chi connectivity index (χ4v) is 5.40. The van der Waals surface area contributed by atoms with Gasteiger partial charge in [0.15, 0.2) is 5.65 Å². The second-order valence-corrected chi connectivity index (χ2v) is 11.4. The molecule has 0 N–H and O–H groups in total. The van der Waals surface area contributed by atoms with Crippen LogP contribution >= 0.6 is 0 Å². The maximum absolute atomic E-state index is 13.0. The van der Waals surface area contributed by atoms with Crippen molar-refractivity contribution in [3.63, 3.8) is 0 Å². The highest BCUT2D eigenvalue weighted by Crippen LogP contribution is 2.29. The van der Waals surface area contributed by atoms with E-state index in [4.69, 9.17) is 9.72 Å². The lowest BCUT2D eigenvalue weighted by molar-refractivity contribution is -0.148. The fraction of sp³-hybridized carbons (Fsp3) is 0.355. The molecule has 8 nitrogen and oxygen atoms in total. The molecule has 0 aliphatic carbocycles. The molecule has 0 spiro atoms. The van der Waals surface area contributed by atoms with Crippen molar-refractivity contribution in [3.8, 4) is 17.3 Å². The van der Waals surface area contributed by atoms with Gasteiger partial charge in [-0.3, -0.25) is 18.8 Å². The van der Waals surface area contributed by atoms with Crippen LogP contribution in [0.5, 0.6) is 0 Å². The summed E-state index contributed by atoms with van der Waals surface area (Å²) in [5.41, 5.74) is 6.28. The van der Waals surface area contributed by atoms with Gasteiger partial charge in [0.05, 0.1) is 30.0 Å². The average Bonchev–Trinajstić information content (AvgIpc) is 3.15. The molecule has 2 aromatic heterocycles. The topological polar surface area (TPSA) is 93.2 Å². The first kappa shape index (κ1) is 26.4.